The molecule has 2 aromatic carbocycles. The van der Waals surface area contributed by atoms with Crippen LogP contribution >= 0.6 is 34.2 Å². The van der Waals surface area contributed by atoms with E-state index in [1.807, 2.05) is 32.2 Å². The maximum atomic E-state index is 13.4. The molecule has 0 aliphatic rings. The van der Waals surface area contributed by atoms with Crippen LogP contribution < -0.4 is 5.32 Å². The highest BCUT2D eigenvalue weighted by molar-refractivity contribution is 14.1. The number of halogens is 3. The molecule has 2 rings (SSSR count). The van der Waals surface area contributed by atoms with Gasteiger partial charge in [0, 0.05) is 3.57 Å². The van der Waals surface area contributed by atoms with Crippen molar-refractivity contribution in [1.82, 2.24) is 5.32 Å². The normalized spacial score (nSPS) is 12.5. The van der Waals surface area contributed by atoms with Gasteiger partial charge in [-0.25, -0.2) is 4.39 Å². The Morgan fingerprint density at radius 2 is 1.95 bits per heavy atom. The standard InChI is InChI=1S/C15H14ClFIN/c1-9-3-5-11(17)8-12(9)15(19-2)10-4-6-14(18)13(16)7-10/h3-8,15,19H,1-2H3. The molecule has 0 spiro atoms. The second-order valence-electron chi connectivity index (χ2n) is 4.40. The van der Waals surface area contributed by atoms with Gasteiger partial charge in [0.25, 0.3) is 0 Å². The Kier molecular flexibility index (Phi) is 4.81. The largest absolute Gasteiger partial charge is 0.309 e. The number of hydrogen-bond donors (Lipinski definition) is 1. The van der Waals surface area contributed by atoms with Gasteiger partial charge in [-0.1, -0.05) is 23.7 Å². The summed E-state index contributed by atoms with van der Waals surface area (Å²) >= 11 is 8.35. The van der Waals surface area contributed by atoms with E-state index in [0.717, 1.165) is 20.3 Å². The Balaban J connectivity index is 2.49. The van der Waals surface area contributed by atoms with E-state index in [1.165, 1.54) is 6.07 Å². The zero-order chi connectivity index (χ0) is 14.0. The second kappa shape index (κ2) is 6.20. The van der Waals surface area contributed by atoms with E-state index in [0.29, 0.717) is 5.02 Å². The molecule has 0 heterocycles. The van der Waals surface area contributed by atoms with Gasteiger partial charge in [0.05, 0.1) is 11.1 Å². The summed E-state index contributed by atoms with van der Waals surface area (Å²) in [5.74, 6) is -0.225. The summed E-state index contributed by atoms with van der Waals surface area (Å²) in [5, 5.41) is 3.94. The first-order chi connectivity index (χ1) is 9.02. The molecule has 100 valence electrons. The number of nitrogens with one attached hydrogen (secondary N) is 1. The maximum Gasteiger partial charge on any atom is 0.123 e. The van der Waals surface area contributed by atoms with E-state index in [2.05, 4.69) is 27.9 Å². The maximum absolute atomic E-state index is 13.4. The monoisotopic (exact) mass is 389 g/mol. The third-order valence-corrected chi connectivity index (χ3v) is 4.69. The molecule has 1 nitrogen and oxygen atoms in total. The summed E-state index contributed by atoms with van der Waals surface area (Å²) in [4.78, 5) is 0. The molecule has 4 heteroatoms. The first kappa shape index (κ1) is 14.8. The average Bonchev–Trinajstić information content (AvgIpc) is 2.38. The minimum atomic E-state index is -0.225. The highest BCUT2D eigenvalue weighted by Crippen LogP contribution is 2.29. The Morgan fingerprint density at radius 1 is 1.21 bits per heavy atom. The van der Waals surface area contributed by atoms with E-state index >= 15 is 0 Å². The number of aryl methyl sites for hydroxylation is 1. The van der Waals surface area contributed by atoms with Crippen molar-refractivity contribution in [3.63, 3.8) is 0 Å². The zero-order valence-corrected chi connectivity index (χ0v) is 13.6. The topological polar surface area (TPSA) is 12.0 Å². The molecule has 1 unspecified atom stereocenters. The quantitative estimate of drug-likeness (QED) is 0.750. The molecule has 0 aliphatic heterocycles. The van der Waals surface area contributed by atoms with Crippen molar-refractivity contribution in [2.24, 2.45) is 0 Å². The molecular weight excluding hydrogens is 376 g/mol. The third kappa shape index (κ3) is 3.27. The van der Waals surface area contributed by atoms with Gasteiger partial charge >= 0.3 is 0 Å². The third-order valence-electron chi connectivity index (χ3n) is 3.12. The zero-order valence-electron chi connectivity index (χ0n) is 10.7. The summed E-state index contributed by atoms with van der Waals surface area (Å²) in [7, 11) is 1.86. The lowest BCUT2D eigenvalue weighted by Crippen LogP contribution is -2.19. The van der Waals surface area contributed by atoms with Gasteiger partial charge in [0.1, 0.15) is 5.82 Å². The lowest BCUT2D eigenvalue weighted by atomic mass is 9.95. The Labute approximate surface area is 131 Å². The van der Waals surface area contributed by atoms with Crippen LogP contribution in [0.15, 0.2) is 36.4 Å². The highest BCUT2D eigenvalue weighted by atomic mass is 127. The molecule has 0 saturated carbocycles. The van der Waals surface area contributed by atoms with Crippen LogP contribution in [0, 0.1) is 16.3 Å². The van der Waals surface area contributed by atoms with E-state index in [4.69, 9.17) is 11.6 Å². The van der Waals surface area contributed by atoms with Gasteiger partial charge in [0.15, 0.2) is 0 Å². The van der Waals surface area contributed by atoms with Crippen LogP contribution in [0.4, 0.5) is 4.39 Å². The molecule has 0 fully saturated rings. The van der Waals surface area contributed by atoms with Crippen molar-refractivity contribution in [2.45, 2.75) is 13.0 Å². The number of rotatable bonds is 3. The highest BCUT2D eigenvalue weighted by Gasteiger charge is 2.16. The van der Waals surface area contributed by atoms with Crippen LogP contribution in [-0.4, -0.2) is 7.05 Å². The summed E-state index contributed by atoms with van der Waals surface area (Å²) < 4.78 is 14.5. The van der Waals surface area contributed by atoms with Gasteiger partial charge in [-0.3, -0.25) is 0 Å². The van der Waals surface area contributed by atoms with Crippen LogP contribution in [0.2, 0.25) is 5.02 Å². The Morgan fingerprint density at radius 3 is 2.58 bits per heavy atom. The van der Waals surface area contributed by atoms with E-state index in [1.54, 1.807) is 12.1 Å². The van der Waals surface area contributed by atoms with Crippen molar-refractivity contribution in [2.75, 3.05) is 7.05 Å². The molecule has 0 saturated heterocycles. The van der Waals surface area contributed by atoms with Gasteiger partial charge in [0.2, 0.25) is 0 Å². The fourth-order valence-corrected chi connectivity index (χ4v) is 2.64. The molecule has 19 heavy (non-hydrogen) atoms. The summed E-state index contributed by atoms with van der Waals surface area (Å²) in [6.07, 6.45) is 0. The Hall–Kier alpha value is -0.650. The van der Waals surface area contributed by atoms with E-state index in [9.17, 15) is 4.39 Å². The van der Waals surface area contributed by atoms with Crippen LogP contribution in [0.5, 0.6) is 0 Å². The smallest absolute Gasteiger partial charge is 0.123 e. The molecule has 0 amide bonds. The van der Waals surface area contributed by atoms with Crippen LogP contribution in [0.1, 0.15) is 22.7 Å². The van der Waals surface area contributed by atoms with Crippen molar-refractivity contribution in [3.05, 3.63) is 67.5 Å². The van der Waals surface area contributed by atoms with Crippen molar-refractivity contribution >= 4 is 34.2 Å². The van der Waals surface area contributed by atoms with Crippen LogP contribution in [0.3, 0.4) is 0 Å². The lowest BCUT2D eigenvalue weighted by molar-refractivity contribution is 0.615. The average molecular weight is 390 g/mol. The molecule has 1 atom stereocenters. The molecule has 0 aromatic heterocycles. The summed E-state index contributed by atoms with van der Waals surface area (Å²) in [6, 6.07) is 10.7. The van der Waals surface area contributed by atoms with Crippen LogP contribution in [0.25, 0.3) is 0 Å². The predicted octanol–water partition coefficient (Wildman–Crippen LogP) is 4.70. The fraction of sp³-hybridized carbons (Fsp3) is 0.200. The first-order valence-electron chi connectivity index (χ1n) is 5.91. The summed E-state index contributed by atoms with van der Waals surface area (Å²) in [6.45, 7) is 1.98. The molecule has 0 bridgehead atoms. The first-order valence-corrected chi connectivity index (χ1v) is 7.37. The van der Waals surface area contributed by atoms with Gasteiger partial charge < -0.3 is 5.32 Å². The predicted molar refractivity (Wildman–Crippen MR) is 86.2 cm³/mol. The van der Waals surface area contributed by atoms with Gasteiger partial charge in [-0.05, 0) is 77.5 Å². The fourth-order valence-electron chi connectivity index (χ4n) is 2.12. The molecule has 2 aromatic rings. The number of benzene rings is 2. The summed E-state index contributed by atoms with van der Waals surface area (Å²) in [5.41, 5.74) is 3.01. The second-order valence-corrected chi connectivity index (χ2v) is 5.97. The SMILES string of the molecule is CNC(c1ccc(I)c(Cl)c1)c1cc(F)ccc1C. The molecular formula is C15H14ClFIN. The minimum Gasteiger partial charge on any atom is -0.309 e. The van der Waals surface area contributed by atoms with E-state index < -0.39 is 0 Å². The van der Waals surface area contributed by atoms with Gasteiger partial charge in [-0.2, -0.15) is 0 Å². The van der Waals surface area contributed by atoms with Crippen LogP contribution in [-0.2, 0) is 0 Å². The van der Waals surface area contributed by atoms with Crippen molar-refractivity contribution < 1.29 is 4.39 Å². The molecule has 1 N–H and O–H groups in total. The van der Waals surface area contributed by atoms with Gasteiger partial charge in [-0.15, -0.1) is 0 Å². The molecule has 0 aliphatic carbocycles. The van der Waals surface area contributed by atoms with E-state index in [-0.39, 0.29) is 11.9 Å². The lowest BCUT2D eigenvalue weighted by Gasteiger charge is -2.20. The Bertz CT molecular complexity index is 601. The van der Waals surface area contributed by atoms with Crippen molar-refractivity contribution in [3.8, 4) is 0 Å². The molecule has 0 radical (unpaired) electrons. The van der Waals surface area contributed by atoms with Crippen molar-refractivity contribution in [1.29, 1.82) is 0 Å². The number of hydrogen-bond acceptors (Lipinski definition) is 1. The minimum absolute atomic E-state index is 0.0646.